The summed E-state index contributed by atoms with van der Waals surface area (Å²) in [6.45, 7) is 7.46. The molecule has 0 bridgehead atoms. The monoisotopic (exact) mass is 404 g/mol. The van der Waals surface area contributed by atoms with E-state index in [0.717, 1.165) is 12.1 Å². The molecular weight excluding hydrogens is 384 g/mol. The summed E-state index contributed by atoms with van der Waals surface area (Å²) < 4.78 is 53.2. The summed E-state index contributed by atoms with van der Waals surface area (Å²) >= 11 is 4.24. The smallest absolute Gasteiger partial charge is 0.478 e. The fraction of sp³-hybridized carbons (Fsp3) is 0.471. The van der Waals surface area contributed by atoms with Crippen molar-refractivity contribution in [1.29, 1.82) is 0 Å². The number of hydrogen-bond donors (Lipinski definition) is 2. The molecule has 10 heteroatoms. The first kappa shape index (κ1) is 21.7. The number of rotatable bonds is 5. The van der Waals surface area contributed by atoms with E-state index in [2.05, 4.69) is 17.4 Å². The zero-order chi connectivity index (χ0) is 20.6. The molecule has 0 saturated carbocycles. The summed E-state index contributed by atoms with van der Waals surface area (Å²) in [6, 6.07) is 3.14. The Morgan fingerprint density at radius 3 is 2.22 bits per heavy atom. The van der Waals surface area contributed by atoms with Gasteiger partial charge >= 0.3 is 19.5 Å². The van der Waals surface area contributed by atoms with E-state index in [1.807, 2.05) is 27.7 Å². The van der Waals surface area contributed by atoms with Gasteiger partial charge in [-0.25, -0.2) is 4.79 Å². The maximum atomic E-state index is 12.5. The van der Waals surface area contributed by atoms with Crippen molar-refractivity contribution < 1.29 is 37.1 Å². The van der Waals surface area contributed by atoms with Crippen molar-refractivity contribution in [1.82, 2.24) is 0 Å². The molecule has 1 N–H and O–H groups in total. The van der Waals surface area contributed by atoms with Crippen LogP contribution in [0.15, 0.2) is 23.7 Å². The molecule has 27 heavy (non-hydrogen) atoms. The van der Waals surface area contributed by atoms with Crippen LogP contribution < -0.4 is 4.74 Å². The van der Waals surface area contributed by atoms with Crippen LogP contribution in [0.25, 0.3) is 6.08 Å². The highest BCUT2D eigenvalue weighted by molar-refractivity contribution is 7.80. The topological polar surface area (TPSA) is 65.0 Å². The number of halogens is 3. The third-order valence-corrected chi connectivity index (χ3v) is 4.87. The Kier molecular flexibility index (Phi) is 5.94. The fourth-order valence-electron chi connectivity index (χ4n) is 2.42. The number of hydrogen-bond acceptors (Lipinski definition) is 5. The number of carboxylic acids is 1. The average molecular weight is 404 g/mol. The first-order valence-electron chi connectivity index (χ1n) is 8.05. The van der Waals surface area contributed by atoms with Gasteiger partial charge in [-0.05, 0) is 56.9 Å². The second-order valence-electron chi connectivity index (χ2n) is 7.11. The number of alkyl halides is 3. The fourth-order valence-corrected chi connectivity index (χ4v) is 2.66. The van der Waals surface area contributed by atoms with Gasteiger partial charge in [0.1, 0.15) is 5.75 Å². The van der Waals surface area contributed by atoms with Crippen molar-refractivity contribution in [3.8, 4) is 5.75 Å². The van der Waals surface area contributed by atoms with Gasteiger partial charge in [-0.1, -0.05) is 6.08 Å². The minimum atomic E-state index is -4.93. The molecule has 0 radical (unpaired) electrons. The molecule has 2 rings (SSSR count). The predicted molar refractivity (Wildman–Crippen MR) is 98.0 cm³/mol. The summed E-state index contributed by atoms with van der Waals surface area (Å²) in [5.74, 6) is -1.80. The Bertz CT molecular complexity index is 745. The number of benzene rings is 1. The van der Waals surface area contributed by atoms with Gasteiger partial charge in [0.15, 0.2) is 0 Å². The Morgan fingerprint density at radius 2 is 1.78 bits per heavy atom. The second kappa shape index (κ2) is 7.41. The molecule has 5 nitrogen and oxygen atoms in total. The van der Waals surface area contributed by atoms with Crippen LogP contribution in [-0.4, -0.2) is 41.5 Å². The molecule has 1 saturated heterocycles. The van der Waals surface area contributed by atoms with E-state index in [1.165, 1.54) is 12.1 Å². The highest BCUT2D eigenvalue weighted by atomic mass is 32.1. The Labute approximate surface area is 161 Å². The van der Waals surface area contributed by atoms with Gasteiger partial charge in [0, 0.05) is 5.75 Å². The number of carbonyl (C=O) groups is 1. The molecule has 1 aliphatic rings. The van der Waals surface area contributed by atoms with Crippen molar-refractivity contribution in [2.24, 2.45) is 0 Å². The van der Waals surface area contributed by atoms with E-state index in [4.69, 9.17) is 14.4 Å². The maximum absolute atomic E-state index is 12.5. The minimum Gasteiger partial charge on any atom is -0.478 e. The van der Waals surface area contributed by atoms with Crippen LogP contribution in [0.3, 0.4) is 0 Å². The lowest BCUT2D eigenvalue weighted by atomic mass is 9.78. The molecule has 1 aromatic carbocycles. The maximum Gasteiger partial charge on any atom is 0.573 e. The second-order valence-corrected chi connectivity index (χ2v) is 7.43. The van der Waals surface area contributed by atoms with Crippen LogP contribution in [0.2, 0.25) is 0 Å². The van der Waals surface area contributed by atoms with Gasteiger partial charge in [0.25, 0.3) is 0 Å². The standard InChI is InChI=1S/C17H20BF3O5S/c1-15(2)16(3,4)26-18(25-15)12(9-27)6-10-5-11(14(22)23)8-13(7-10)24-17(19,20)21/h5-8,27H,9H2,1-4H3,(H,22,23). The molecule has 0 aliphatic carbocycles. The van der Waals surface area contributed by atoms with Crippen LogP contribution in [0.4, 0.5) is 13.2 Å². The van der Waals surface area contributed by atoms with Gasteiger partial charge in [-0.15, -0.1) is 13.2 Å². The van der Waals surface area contributed by atoms with Crippen LogP contribution in [-0.2, 0) is 9.31 Å². The normalized spacial score (nSPS) is 19.3. The molecule has 0 spiro atoms. The highest BCUT2D eigenvalue weighted by Gasteiger charge is 2.52. The first-order chi connectivity index (χ1) is 12.2. The number of carboxylic acid groups (broad SMARTS) is 1. The van der Waals surface area contributed by atoms with Crippen molar-refractivity contribution in [2.75, 3.05) is 5.75 Å². The van der Waals surface area contributed by atoms with Crippen LogP contribution in [0.1, 0.15) is 43.6 Å². The molecule has 1 aliphatic heterocycles. The van der Waals surface area contributed by atoms with Crippen molar-refractivity contribution in [3.63, 3.8) is 0 Å². The molecule has 0 unspecified atom stereocenters. The quantitative estimate of drug-likeness (QED) is 0.568. The van der Waals surface area contributed by atoms with Gasteiger partial charge in [0.2, 0.25) is 0 Å². The van der Waals surface area contributed by atoms with E-state index >= 15 is 0 Å². The highest BCUT2D eigenvalue weighted by Crippen LogP contribution is 2.39. The molecule has 0 aromatic heterocycles. The van der Waals surface area contributed by atoms with Gasteiger partial charge in [-0.3, -0.25) is 0 Å². The summed E-state index contributed by atoms with van der Waals surface area (Å²) in [6.07, 6.45) is -3.44. The summed E-state index contributed by atoms with van der Waals surface area (Å²) in [7, 11) is -0.757. The van der Waals surface area contributed by atoms with E-state index in [-0.39, 0.29) is 16.9 Å². The third-order valence-electron chi connectivity index (χ3n) is 4.50. The first-order valence-corrected chi connectivity index (χ1v) is 8.68. The lowest BCUT2D eigenvalue weighted by molar-refractivity contribution is -0.274. The van der Waals surface area contributed by atoms with Crippen LogP contribution in [0.5, 0.6) is 5.75 Å². The number of aromatic carboxylic acids is 1. The van der Waals surface area contributed by atoms with E-state index in [9.17, 15) is 18.0 Å². The predicted octanol–water partition coefficient (Wildman–Crippen LogP) is 4.23. The minimum absolute atomic E-state index is 0.198. The van der Waals surface area contributed by atoms with E-state index in [1.54, 1.807) is 0 Å². The molecule has 0 amide bonds. The lowest BCUT2D eigenvalue weighted by Gasteiger charge is -2.32. The molecule has 1 heterocycles. The molecule has 0 atom stereocenters. The zero-order valence-electron chi connectivity index (χ0n) is 15.3. The van der Waals surface area contributed by atoms with Crippen LogP contribution >= 0.6 is 12.6 Å². The van der Waals surface area contributed by atoms with Gasteiger partial charge in [0.05, 0.1) is 16.8 Å². The number of thiol groups is 1. The largest absolute Gasteiger partial charge is 0.573 e. The zero-order valence-corrected chi connectivity index (χ0v) is 16.1. The molecule has 1 fully saturated rings. The number of ether oxygens (including phenoxy) is 1. The summed E-state index contributed by atoms with van der Waals surface area (Å²) in [5, 5.41) is 9.15. The Hall–Kier alpha value is -1.65. The lowest BCUT2D eigenvalue weighted by Crippen LogP contribution is -2.41. The van der Waals surface area contributed by atoms with E-state index < -0.39 is 36.4 Å². The Balaban J connectivity index is 2.41. The summed E-state index contributed by atoms with van der Waals surface area (Å²) in [5.41, 5.74) is -0.804. The third kappa shape index (κ3) is 5.21. The summed E-state index contributed by atoms with van der Waals surface area (Å²) in [4.78, 5) is 11.2. The van der Waals surface area contributed by atoms with Gasteiger partial charge in [-0.2, -0.15) is 12.6 Å². The van der Waals surface area contributed by atoms with Crippen molar-refractivity contribution in [3.05, 3.63) is 34.8 Å². The van der Waals surface area contributed by atoms with Gasteiger partial charge < -0.3 is 19.2 Å². The molecular formula is C17H20BF3O5S. The molecule has 1 aromatic rings. The van der Waals surface area contributed by atoms with Crippen molar-refractivity contribution in [2.45, 2.75) is 45.3 Å². The Morgan fingerprint density at radius 1 is 1.22 bits per heavy atom. The van der Waals surface area contributed by atoms with Crippen LogP contribution in [0, 0.1) is 0 Å². The molecule has 148 valence electrons. The average Bonchev–Trinajstić information content (AvgIpc) is 2.70. The SMILES string of the molecule is CC1(C)OB(C(=Cc2cc(OC(F)(F)F)cc(C(=O)O)c2)CS)OC1(C)C. The van der Waals surface area contributed by atoms with E-state index in [0.29, 0.717) is 5.47 Å². The van der Waals surface area contributed by atoms with Crippen molar-refractivity contribution >= 4 is 31.8 Å².